The van der Waals surface area contributed by atoms with E-state index in [1.807, 2.05) is 36.4 Å². The second-order valence-corrected chi connectivity index (χ2v) is 6.93. The third kappa shape index (κ3) is 4.41. The lowest BCUT2D eigenvalue weighted by Crippen LogP contribution is -2.47. The van der Waals surface area contributed by atoms with Crippen LogP contribution in [0.1, 0.15) is 0 Å². The third-order valence-corrected chi connectivity index (χ3v) is 5.00. The zero-order valence-corrected chi connectivity index (χ0v) is 17.0. The molecule has 1 aliphatic heterocycles. The maximum absolute atomic E-state index is 9.14. The zero-order valence-electron chi connectivity index (χ0n) is 15.4. The number of rotatable bonds is 5. The molecule has 28 heavy (non-hydrogen) atoms. The molecule has 8 heteroatoms. The molecule has 0 bridgehead atoms. The van der Waals surface area contributed by atoms with E-state index in [-0.39, 0.29) is 19.0 Å². The zero-order chi connectivity index (χ0) is 18.6. The summed E-state index contributed by atoms with van der Waals surface area (Å²) in [5, 5.41) is 14.1. The molecule has 148 valence electrons. The van der Waals surface area contributed by atoms with E-state index >= 15 is 0 Å². The highest BCUT2D eigenvalue weighted by Gasteiger charge is 2.20. The van der Waals surface area contributed by atoms with Crippen LogP contribution < -0.4 is 15.1 Å². The number of aliphatic hydroxyl groups is 1. The van der Waals surface area contributed by atoms with Crippen molar-refractivity contribution in [3.05, 3.63) is 53.6 Å². The van der Waals surface area contributed by atoms with Crippen LogP contribution in [-0.4, -0.2) is 54.4 Å². The molecule has 6 nitrogen and oxygen atoms in total. The molecule has 0 atom stereocenters. The Hall–Kier alpha value is -2.28. The minimum atomic E-state index is 0. The van der Waals surface area contributed by atoms with E-state index in [9.17, 15) is 0 Å². The smallest absolute Gasteiger partial charge is 0.228 e. The van der Waals surface area contributed by atoms with Crippen LogP contribution in [0, 0.1) is 0 Å². The van der Waals surface area contributed by atoms with E-state index in [0.717, 1.165) is 53.9 Å². The van der Waals surface area contributed by atoms with Gasteiger partial charge in [-0.3, -0.25) is 0 Å². The van der Waals surface area contributed by atoms with Gasteiger partial charge in [0.05, 0.1) is 12.1 Å². The minimum Gasteiger partial charge on any atom is -0.395 e. The van der Waals surface area contributed by atoms with E-state index in [1.165, 1.54) is 5.69 Å². The number of nitrogens with one attached hydrogen (secondary N) is 1. The molecule has 0 saturated carbocycles. The summed E-state index contributed by atoms with van der Waals surface area (Å²) in [6.07, 6.45) is 0. The summed E-state index contributed by atoms with van der Waals surface area (Å²) in [5.41, 5.74) is 2.09. The Labute approximate surface area is 175 Å². The van der Waals surface area contributed by atoms with Gasteiger partial charge in [0.1, 0.15) is 5.82 Å². The topological polar surface area (TPSA) is 64.5 Å². The van der Waals surface area contributed by atoms with E-state index in [1.54, 1.807) is 0 Å². The Balaban J connectivity index is 0.00000225. The number of nitrogens with zero attached hydrogens (tertiary/aromatic N) is 4. The van der Waals surface area contributed by atoms with E-state index in [4.69, 9.17) is 26.7 Å². The average molecular weight is 420 g/mol. The second-order valence-electron chi connectivity index (χ2n) is 6.49. The summed E-state index contributed by atoms with van der Waals surface area (Å²) in [5.74, 6) is 1.50. The van der Waals surface area contributed by atoms with Crippen molar-refractivity contribution < 1.29 is 5.11 Å². The van der Waals surface area contributed by atoms with Crippen LogP contribution in [0.4, 0.5) is 17.5 Å². The number of hydrogen-bond acceptors (Lipinski definition) is 6. The highest BCUT2D eigenvalue weighted by molar-refractivity contribution is 6.30. The minimum absolute atomic E-state index is 0. The molecule has 2 aromatic carbocycles. The number of aliphatic hydroxyl groups excluding tert-OH is 1. The lowest BCUT2D eigenvalue weighted by Gasteiger charge is -2.36. The van der Waals surface area contributed by atoms with Crippen molar-refractivity contribution in [3.63, 3.8) is 0 Å². The first-order valence-corrected chi connectivity index (χ1v) is 9.49. The summed E-state index contributed by atoms with van der Waals surface area (Å²) in [7, 11) is 0. The number of hydrogen-bond donors (Lipinski definition) is 2. The van der Waals surface area contributed by atoms with Gasteiger partial charge in [-0.05, 0) is 36.4 Å². The molecule has 0 radical (unpaired) electrons. The van der Waals surface area contributed by atoms with Crippen LogP contribution in [0.2, 0.25) is 5.02 Å². The molecule has 0 aliphatic carbocycles. The first-order chi connectivity index (χ1) is 13.2. The van der Waals surface area contributed by atoms with E-state index in [2.05, 4.69) is 27.2 Å². The normalized spacial score (nSPS) is 14.1. The number of fused-ring (bicyclic) bond motifs is 1. The number of anilines is 3. The lowest BCUT2D eigenvalue weighted by atomic mass is 10.2. The summed E-state index contributed by atoms with van der Waals surface area (Å²) < 4.78 is 0. The lowest BCUT2D eigenvalue weighted by molar-refractivity contribution is 0.311. The van der Waals surface area contributed by atoms with Gasteiger partial charge in [-0.2, -0.15) is 4.98 Å². The largest absolute Gasteiger partial charge is 0.395 e. The predicted molar refractivity (Wildman–Crippen MR) is 118 cm³/mol. The Morgan fingerprint density at radius 3 is 2.32 bits per heavy atom. The van der Waals surface area contributed by atoms with Crippen molar-refractivity contribution in [1.29, 1.82) is 0 Å². The fraction of sp³-hybridized carbons (Fsp3) is 0.300. The SMILES string of the molecule is Cl.OCCNc1nc(N2CCN(c3ccc(Cl)cc3)CC2)nc2ccccc12. The quantitative estimate of drug-likeness (QED) is 0.660. The molecular weight excluding hydrogens is 397 g/mol. The van der Waals surface area contributed by atoms with Crippen molar-refractivity contribution in [2.24, 2.45) is 0 Å². The van der Waals surface area contributed by atoms with Crippen LogP contribution in [0.25, 0.3) is 10.9 Å². The number of benzene rings is 2. The average Bonchev–Trinajstić information content (AvgIpc) is 2.72. The molecule has 1 aliphatic rings. The van der Waals surface area contributed by atoms with Gasteiger partial charge in [-0.1, -0.05) is 23.7 Å². The summed E-state index contributed by atoms with van der Waals surface area (Å²) >= 11 is 5.99. The Kier molecular flexibility index (Phi) is 6.78. The summed E-state index contributed by atoms with van der Waals surface area (Å²) in [6.45, 7) is 4.02. The van der Waals surface area contributed by atoms with Crippen LogP contribution in [0.5, 0.6) is 0 Å². The number of para-hydroxylation sites is 1. The van der Waals surface area contributed by atoms with Crippen LogP contribution in [0.15, 0.2) is 48.5 Å². The number of aromatic nitrogens is 2. The molecule has 2 heterocycles. The van der Waals surface area contributed by atoms with Crippen molar-refractivity contribution >= 4 is 52.4 Å². The second kappa shape index (κ2) is 9.28. The van der Waals surface area contributed by atoms with Crippen LogP contribution in [0.3, 0.4) is 0 Å². The van der Waals surface area contributed by atoms with Gasteiger partial charge in [0.25, 0.3) is 0 Å². The van der Waals surface area contributed by atoms with Gasteiger partial charge in [-0.15, -0.1) is 12.4 Å². The molecule has 0 unspecified atom stereocenters. The molecule has 0 amide bonds. The van der Waals surface area contributed by atoms with Gasteiger partial charge < -0.3 is 20.2 Å². The van der Waals surface area contributed by atoms with Gasteiger partial charge >= 0.3 is 0 Å². The maximum atomic E-state index is 9.14. The Bertz CT molecular complexity index is 914. The van der Waals surface area contributed by atoms with Crippen molar-refractivity contribution in [3.8, 4) is 0 Å². The van der Waals surface area contributed by atoms with Crippen LogP contribution in [-0.2, 0) is 0 Å². The van der Waals surface area contributed by atoms with Crippen LogP contribution >= 0.6 is 24.0 Å². The molecule has 2 N–H and O–H groups in total. The van der Waals surface area contributed by atoms with Gasteiger partial charge in [0, 0.05) is 48.8 Å². The summed E-state index contributed by atoms with van der Waals surface area (Å²) in [4.78, 5) is 14.0. The number of halogens is 2. The fourth-order valence-corrected chi connectivity index (χ4v) is 3.46. The molecule has 0 spiro atoms. The summed E-state index contributed by atoms with van der Waals surface area (Å²) in [6, 6.07) is 15.9. The first kappa shape index (κ1) is 20.5. The van der Waals surface area contributed by atoms with Crippen molar-refractivity contribution in [2.75, 3.05) is 54.4 Å². The highest BCUT2D eigenvalue weighted by Crippen LogP contribution is 2.25. The van der Waals surface area contributed by atoms with Gasteiger partial charge in [0.2, 0.25) is 5.95 Å². The first-order valence-electron chi connectivity index (χ1n) is 9.11. The standard InChI is InChI=1S/C20H22ClN5O.ClH/c21-15-5-7-16(8-6-15)25-10-12-26(13-11-25)20-23-18-4-2-1-3-17(18)19(24-20)22-9-14-27;/h1-8,27H,9-14H2,(H,22,23,24);1H. The molecule has 4 rings (SSSR count). The predicted octanol–water partition coefficient (Wildman–Crippen LogP) is 3.44. The van der Waals surface area contributed by atoms with E-state index in [0.29, 0.717) is 6.54 Å². The maximum Gasteiger partial charge on any atom is 0.228 e. The molecule has 3 aromatic rings. The fourth-order valence-electron chi connectivity index (χ4n) is 3.33. The Morgan fingerprint density at radius 1 is 0.929 bits per heavy atom. The van der Waals surface area contributed by atoms with Gasteiger partial charge in [-0.25, -0.2) is 4.98 Å². The van der Waals surface area contributed by atoms with Crippen molar-refractivity contribution in [2.45, 2.75) is 0 Å². The molecular formula is C20H23Cl2N5O. The number of piperazine rings is 1. The van der Waals surface area contributed by atoms with E-state index < -0.39 is 0 Å². The molecule has 1 fully saturated rings. The Morgan fingerprint density at radius 2 is 1.61 bits per heavy atom. The van der Waals surface area contributed by atoms with Crippen molar-refractivity contribution in [1.82, 2.24) is 9.97 Å². The molecule has 1 saturated heterocycles. The highest BCUT2D eigenvalue weighted by atomic mass is 35.5. The third-order valence-electron chi connectivity index (χ3n) is 4.75. The molecule has 1 aromatic heterocycles. The monoisotopic (exact) mass is 419 g/mol. The van der Waals surface area contributed by atoms with Gasteiger partial charge in [0.15, 0.2) is 0 Å².